The molecule has 0 saturated carbocycles. The van der Waals surface area contributed by atoms with Crippen LogP contribution in [0, 0.1) is 34.9 Å². The fourth-order valence-electron chi connectivity index (χ4n) is 19.0. The van der Waals surface area contributed by atoms with E-state index in [-0.39, 0.29) is 33.4 Å². The second-order valence-electron chi connectivity index (χ2n) is 38.3. The van der Waals surface area contributed by atoms with Crippen LogP contribution in [-0.4, -0.2) is 29.9 Å². The Morgan fingerprint density at radius 3 is 0.413 bits per heavy atom. The number of unbranched alkanes of at least 4 members (excludes halogenated alkanes) is 30. The van der Waals surface area contributed by atoms with Crippen molar-refractivity contribution >= 4 is 265 Å². The lowest BCUT2D eigenvalue weighted by molar-refractivity contribution is 0.515. The minimum absolute atomic E-state index is 0.159. The molecule has 0 aliphatic rings. The van der Waals surface area contributed by atoms with Gasteiger partial charge >= 0.3 is 0 Å². The highest BCUT2D eigenvalue weighted by Gasteiger charge is 2.34. The van der Waals surface area contributed by atoms with Crippen molar-refractivity contribution < 1.29 is 26.3 Å². The van der Waals surface area contributed by atoms with E-state index in [1.165, 1.54) is 290 Å². The van der Waals surface area contributed by atoms with Gasteiger partial charge in [-0.25, -0.2) is 56.2 Å². The highest BCUT2D eigenvalue weighted by molar-refractivity contribution is 9.12. The number of nitrogens with zero attached hydrogens (tertiary/aromatic N) is 6. The second-order valence-corrected chi connectivity index (χ2v) is 60.1. The number of halogens is 12. The molecule has 0 spiro atoms. The summed E-state index contributed by atoms with van der Waals surface area (Å²) in [5, 5.41) is 0. The predicted octanol–water partition coefficient (Wildman–Crippen LogP) is 48.5. The minimum atomic E-state index is -0.897. The average Bonchev–Trinajstić information content (AvgIpc) is 1.41. The standard InChI is InChI=1S/3C40H42Br2F2N2S4/c3*1-3-5-7-9-11-13-15-25-17-19-29(47-25)37-38(30-20-18-26(48-30)16-14-12-10-8-6-4-2)46-40-34(28-22-24-32(42)50-28)36(44)35(43)33(39(40)45-37)27-21-23-31(41)49-27/h3*17-24H,3-16H2,1-2H3. The van der Waals surface area contributed by atoms with Crippen LogP contribution in [-0.2, 0) is 38.5 Å². The maximum absolute atomic E-state index is 16.4. The van der Waals surface area contributed by atoms with Crippen molar-refractivity contribution in [1.29, 1.82) is 0 Å². The molecule has 0 N–H and O–H groups in total. The number of rotatable bonds is 54. The highest BCUT2D eigenvalue weighted by Crippen LogP contribution is 2.54. The van der Waals surface area contributed by atoms with Crippen molar-refractivity contribution in [2.75, 3.05) is 0 Å². The van der Waals surface area contributed by atoms with Gasteiger partial charge in [0.05, 0.1) is 85.4 Å². The Kier molecular flexibility index (Phi) is 45.9. The summed E-state index contributed by atoms with van der Waals surface area (Å²) >= 11 is 39.8. The van der Waals surface area contributed by atoms with E-state index in [1.54, 1.807) is 68.0 Å². The lowest BCUT2D eigenvalue weighted by Gasteiger charge is -2.15. The first-order valence-electron chi connectivity index (χ1n) is 53.4. The molecule has 150 heavy (non-hydrogen) atoms. The third-order valence-electron chi connectivity index (χ3n) is 27.0. The summed E-state index contributed by atoms with van der Waals surface area (Å²) in [5.41, 5.74) is 7.60. The summed E-state index contributed by atoms with van der Waals surface area (Å²) < 4.78 is 103. The van der Waals surface area contributed by atoms with Gasteiger partial charge in [-0.2, -0.15) is 0 Å². The maximum atomic E-state index is 16.4. The Morgan fingerprint density at radius 2 is 0.287 bits per heavy atom. The van der Waals surface area contributed by atoms with Crippen LogP contribution in [0.25, 0.3) is 159 Å². The number of fused-ring (bicyclic) bond motifs is 3. The van der Waals surface area contributed by atoms with E-state index < -0.39 is 34.9 Å². The van der Waals surface area contributed by atoms with E-state index >= 15 is 26.3 Å². The first kappa shape index (κ1) is 117. The van der Waals surface area contributed by atoms with Gasteiger partial charge < -0.3 is 0 Å². The van der Waals surface area contributed by atoms with Gasteiger partial charge in [-0.3, -0.25) is 0 Å². The molecular formula is C120H126Br6F6N6S12. The Morgan fingerprint density at radius 1 is 0.160 bits per heavy atom. The fraction of sp³-hybridized carbons (Fsp3) is 0.400. The van der Waals surface area contributed by atoms with Crippen molar-refractivity contribution in [3.8, 4) is 126 Å². The number of hydrogen-bond donors (Lipinski definition) is 0. The third kappa shape index (κ3) is 30.4. The Balaban J connectivity index is 0.000000160. The lowest BCUT2D eigenvalue weighted by Crippen LogP contribution is -2.02. The summed E-state index contributed by atoms with van der Waals surface area (Å²) in [6, 6.07) is 48.2. The number of aryl methyl sites for hydroxylation is 6. The summed E-state index contributed by atoms with van der Waals surface area (Å²) in [5.74, 6) is -5.38. The molecule has 792 valence electrons. The van der Waals surface area contributed by atoms with E-state index in [2.05, 4.69) is 210 Å². The van der Waals surface area contributed by atoms with Gasteiger partial charge in [0.15, 0.2) is 34.9 Å². The number of benzene rings is 3. The molecule has 30 heteroatoms. The van der Waals surface area contributed by atoms with Gasteiger partial charge in [0.2, 0.25) is 0 Å². The zero-order valence-corrected chi connectivity index (χ0v) is 105. The fourth-order valence-corrected chi connectivity index (χ4v) is 33.8. The second kappa shape index (κ2) is 58.9. The number of aromatic nitrogens is 6. The molecule has 18 rings (SSSR count). The Labute approximate surface area is 979 Å². The van der Waals surface area contributed by atoms with Crippen LogP contribution in [0.2, 0.25) is 0 Å². The van der Waals surface area contributed by atoms with Crippen molar-refractivity contribution in [2.24, 2.45) is 0 Å². The van der Waals surface area contributed by atoms with Crippen molar-refractivity contribution in [1.82, 2.24) is 29.9 Å². The van der Waals surface area contributed by atoms with Crippen LogP contribution < -0.4 is 0 Å². The van der Waals surface area contributed by atoms with Crippen LogP contribution in [0.15, 0.2) is 168 Å². The van der Waals surface area contributed by atoms with Gasteiger partial charge in [-0.15, -0.1) is 136 Å². The first-order valence-corrected chi connectivity index (χ1v) is 67.9. The minimum Gasteiger partial charge on any atom is -0.242 e. The van der Waals surface area contributed by atoms with Crippen LogP contribution in [0.1, 0.15) is 302 Å². The van der Waals surface area contributed by atoms with E-state index in [0.717, 1.165) is 163 Å². The zero-order valence-electron chi connectivity index (χ0n) is 85.7. The van der Waals surface area contributed by atoms with E-state index in [4.69, 9.17) is 29.9 Å². The molecule has 6 nitrogen and oxygen atoms in total. The first-order chi connectivity index (χ1) is 73.1. The average molecular weight is 2630 g/mol. The molecule has 0 aliphatic heterocycles. The van der Waals surface area contributed by atoms with Crippen LogP contribution in [0.5, 0.6) is 0 Å². The van der Waals surface area contributed by atoms with Gasteiger partial charge in [-0.1, -0.05) is 234 Å². The quantitative estimate of drug-likeness (QED) is 0.0279. The smallest absolute Gasteiger partial charge is 0.170 e. The summed E-state index contributed by atoms with van der Waals surface area (Å²) in [6.45, 7) is 13.5. The molecule has 0 saturated heterocycles. The van der Waals surface area contributed by atoms with E-state index in [1.807, 2.05) is 72.8 Å². The number of thiophene rings is 12. The van der Waals surface area contributed by atoms with Crippen molar-refractivity contribution in [3.05, 3.63) is 232 Å². The van der Waals surface area contributed by atoms with Gasteiger partial charge in [0, 0.05) is 58.5 Å². The molecule has 0 fully saturated rings. The topological polar surface area (TPSA) is 77.3 Å². The van der Waals surface area contributed by atoms with Crippen LogP contribution >= 0.6 is 232 Å². The molecule has 0 radical (unpaired) electrons. The molecule has 0 unspecified atom stereocenters. The molecule has 0 amide bonds. The maximum Gasteiger partial charge on any atom is 0.170 e. The molecule has 18 aromatic rings. The Hall–Kier alpha value is -5.46. The summed E-state index contributed by atoms with van der Waals surface area (Å²) in [4.78, 5) is 49.3. The van der Waals surface area contributed by atoms with Gasteiger partial charge in [0.25, 0.3) is 0 Å². The molecule has 15 heterocycles. The van der Waals surface area contributed by atoms with E-state index in [0.29, 0.717) is 62.4 Å². The number of hydrogen-bond acceptors (Lipinski definition) is 18. The van der Waals surface area contributed by atoms with Crippen LogP contribution in [0.4, 0.5) is 26.3 Å². The third-order valence-corrected chi connectivity index (χ3v) is 43.7. The predicted molar refractivity (Wildman–Crippen MR) is 667 cm³/mol. The van der Waals surface area contributed by atoms with Crippen LogP contribution in [0.3, 0.4) is 0 Å². The normalized spacial score (nSPS) is 11.7. The molecule has 3 aromatic carbocycles. The molecule has 0 atom stereocenters. The zero-order chi connectivity index (χ0) is 105. The lowest BCUT2D eigenvalue weighted by atomic mass is 10.0. The largest absolute Gasteiger partial charge is 0.242 e. The van der Waals surface area contributed by atoms with Gasteiger partial charge in [0.1, 0.15) is 67.3 Å². The van der Waals surface area contributed by atoms with Crippen molar-refractivity contribution in [2.45, 2.75) is 311 Å². The molecule has 0 aliphatic carbocycles. The van der Waals surface area contributed by atoms with E-state index in [9.17, 15) is 0 Å². The summed E-state index contributed by atoms with van der Waals surface area (Å²) in [7, 11) is 0. The molecule has 0 bridgehead atoms. The molecular weight excluding hydrogens is 2500 g/mol. The summed E-state index contributed by atoms with van der Waals surface area (Å²) in [6.07, 6.45) is 51.3. The monoisotopic (exact) mass is 2620 g/mol. The molecule has 15 aromatic heterocycles. The SMILES string of the molecule is CCCCCCCCc1ccc(-c2nc3c(-c4ccc(Br)s4)c(F)c(F)c(-c4ccc(Br)s4)c3nc2-c2ccc(CCCCCCCC)s2)s1.CCCCCCCCc1ccc(-c2nc3c(-c4ccc(Br)s4)c(F)c(F)c(-c4ccc(Br)s4)c3nc2-c2ccc(CCCCCCCC)s2)s1.CCCCCCCCc1ccc(-c2nc3c(-c4ccc(Br)s4)c(F)c(F)c(-c4ccc(Br)s4)c3nc2-c2ccc(CCCCCCCC)s2)s1. The Bertz CT molecular complexity index is 6330. The van der Waals surface area contributed by atoms with Gasteiger partial charge in [-0.05, 0) is 318 Å². The highest BCUT2D eigenvalue weighted by atomic mass is 79.9. The van der Waals surface area contributed by atoms with Crippen molar-refractivity contribution in [3.63, 3.8) is 0 Å².